The predicted molar refractivity (Wildman–Crippen MR) is 103 cm³/mol. The van der Waals surface area contributed by atoms with Crippen LogP contribution in [-0.4, -0.2) is 29.1 Å². The Kier molecular flexibility index (Phi) is 9.36. The number of hydrogen-bond donors (Lipinski definition) is 1. The number of aliphatic hydroxyl groups is 1. The fraction of sp³-hybridized carbons (Fsp3) is 0.818. The zero-order valence-electron chi connectivity index (χ0n) is 17.1. The van der Waals surface area contributed by atoms with Gasteiger partial charge in [0.05, 0.1) is 6.42 Å². The molecule has 4 nitrogen and oxygen atoms in total. The molecule has 1 aliphatic carbocycles. The van der Waals surface area contributed by atoms with Gasteiger partial charge in [-0.2, -0.15) is 0 Å². The van der Waals surface area contributed by atoms with Crippen LogP contribution in [0.4, 0.5) is 0 Å². The summed E-state index contributed by atoms with van der Waals surface area (Å²) in [5, 5.41) is 9.18. The SMILES string of the molecule is CCC(CC)CC1CC(C#CC(=O)C(CCO)CC(=O)OC(C)(C)C)C1. The Balaban J connectivity index is 2.49. The molecule has 0 radical (unpaired) electrons. The molecule has 4 heteroatoms. The fourth-order valence-corrected chi connectivity index (χ4v) is 3.48. The Morgan fingerprint density at radius 1 is 1.19 bits per heavy atom. The van der Waals surface area contributed by atoms with Crippen LogP contribution >= 0.6 is 0 Å². The molecule has 1 fully saturated rings. The molecule has 0 bridgehead atoms. The van der Waals surface area contributed by atoms with Crippen molar-refractivity contribution < 1.29 is 19.4 Å². The van der Waals surface area contributed by atoms with Crippen LogP contribution in [0.2, 0.25) is 0 Å². The van der Waals surface area contributed by atoms with E-state index in [-0.39, 0.29) is 25.2 Å². The number of aliphatic hydroxyl groups excluding tert-OH is 1. The van der Waals surface area contributed by atoms with Crippen LogP contribution in [0, 0.1) is 35.5 Å². The second kappa shape index (κ2) is 10.7. The lowest BCUT2D eigenvalue weighted by Gasteiger charge is -2.34. The van der Waals surface area contributed by atoms with Crippen LogP contribution in [0.3, 0.4) is 0 Å². The number of carbonyl (C=O) groups excluding carboxylic acids is 2. The van der Waals surface area contributed by atoms with Crippen LogP contribution in [-0.2, 0) is 14.3 Å². The standard InChI is InChI=1S/C22H36O4/c1-6-16(7-2)12-18-13-17(14-18)8-9-20(24)19(10-11-23)15-21(25)26-22(3,4)5/h16-19,23H,6-7,10-15H2,1-5H3. The topological polar surface area (TPSA) is 63.6 Å². The number of Topliss-reactive ketones (excluding diaryl/α,β-unsaturated/α-hetero) is 1. The molecule has 1 atom stereocenters. The van der Waals surface area contributed by atoms with Crippen molar-refractivity contribution in [3.63, 3.8) is 0 Å². The Bertz CT molecular complexity index is 510. The Hall–Kier alpha value is -1.34. The van der Waals surface area contributed by atoms with E-state index in [1.54, 1.807) is 20.8 Å². The second-order valence-electron chi connectivity index (χ2n) is 8.59. The average molecular weight is 365 g/mol. The first-order valence-corrected chi connectivity index (χ1v) is 10.1. The maximum absolute atomic E-state index is 12.3. The first-order valence-electron chi connectivity index (χ1n) is 10.1. The summed E-state index contributed by atoms with van der Waals surface area (Å²) in [6.45, 7) is 9.73. The summed E-state index contributed by atoms with van der Waals surface area (Å²) in [4.78, 5) is 24.3. The van der Waals surface area contributed by atoms with E-state index in [9.17, 15) is 14.7 Å². The van der Waals surface area contributed by atoms with E-state index >= 15 is 0 Å². The molecule has 1 rings (SSSR count). The van der Waals surface area contributed by atoms with Gasteiger partial charge in [0, 0.05) is 18.4 Å². The lowest BCUT2D eigenvalue weighted by Crippen LogP contribution is -2.28. The molecule has 1 N–H and O–H groups in total. The van der Waals surface area contributed by atoms with Crippen molar-refractivity contribution in [2.24, 2.45) is 23.7 Å². The van der Waals surface area contributed by atoms with E-state index in [0.29, 0.717) is 5.92 Å². The summed E-state index contributed by atoms with van der Waals surface area (Å²) >= 11 is 0. The molecule has 0 aromatic rings. The van der Waals surface area contributed by atoms with E-state index in [4.69, 9.17) is 4.74 Å². The first kappa shape index (κ1) is 22.7. The minimum absolute atomic E-state index is 0.0205. The van der Waals surface area contributed by atoms with Crippen LogP contribution in [0.1, 0.15) is 79.6 Å². The molecule has 1 saturated carbocycles. The Labute approximate surface area is 159 Å². The Morgan fingerprint density at radius 2 is 1.81 bits per heavy atom. The molecule has 0 aliphatic heterocycles. The molecule has 0 aromatic heterocycles. The molecule has 26 heavy (non-hydrogen) atoms. The van der Waals surface area contributed by atoms with Gasteiger partial charge in [0.25, 0.3) is 0 Å². The summed E-state index contributed by atoms with van der Waals surface area (Å²) in [5.41, 5.74) is -0.578. The van der Waals surface area contributed by atoms with Crippen molar-refractivity contribution in [1.82, 2.24) is 0 Å². The van der Waals surface area contributed by atoms with E-state index < -0.39 is 17.5 Å². The third-order valence-electron chi connectivity index (χ3n) is 5.14. The minimum atomic E-state index is -0.581. The van der Waals surface area contributed by atoms with Gasteiger partial charge in [0.2, 0.25) is 5.78 Å². The van der Waals surface area contributed by atoms with E-state index in [1.807, 2.05) is 0 Å². The van der Waals surface area contributed by atoms with Gasteiger partial charge in [-0.15, -0.1) is 0 Å². The molecule has 0 heterocycles. The van der Waals surface area contributed by atoms with Crippen molar-refractivity contribution in [2.75, 3.05) is 6.61 Å². The van der Waals surface area contributed by atoms with Gasteiger partial charge in [-0.05, 0) is 64.2 Å². The maximum atomic E-state index is 12.3. The molecule has 0 aromatic carbocycles. The van der Waals surface area contributed by atoms with Gasteiger partial charge in [-0.3, -0.25) is 9.59 Å². The summed E-state index contributed by atoms with van der Waals surface area (Å²) in [7, 11) is 0. The van der Waals surface area contributed by atoms with Gasteiger partial charge < -0.3 is 9.84 Å². The number of ketones is 1. The second-order valence-corrected chi connectivity index (χ2v) is 8.59. The number of rotatable bonds is 9. The lowest BCUT2D eigenvalue weighted by atomic mass is 9.70. The predicted octanol–water partition coefficient (Wildman–Crippen LogP) is 4.14. The molecule has 0 spiro atoms. The van der Waals surface area contributed by atoms with E-state index in [2.05, 4.69) is 25.7 Å². The van der Waals surface area contributed by atoms with Crippen molar-refractivity contribution in [2.45, 2.75) is 85.2 Å². The number of hydrogen-bond acceptors (Lipinski definition) is 4. The summed E-state index contributed by atoms with van der Waals surface area (Å²) in [6.07, 6.45) is 6.11. The third kappa shape index (κ3) is 8.36. The van der Waals surface area contributed by atoms with Crippen molar-refractivity contribution in [3.8, 4) is 11.8 Å². The molecular weight excluding hydrogens is 328 g/mol. The van der Waals surface area contributed by atoms with E-state index in [1.165, 1.54) is 19.3 Å². The molecule has 0 saturated heterocycles. The van der Waals surface area contributed by atoms with Crippen LogP contribution in [0.25, 0.3) is 0 Å². The van der Waals surface area contributed by atoms with Crippen molar-refractivity contribution in [1.29, 1.82) is 0 Å². The van der Waals surface area contributed by atoms with Crippen molar-refractivity contribution >= 4 is 11.8 Å². The largest absolute Gasteiger partial charge is 0.460 e. The van der Waals surface area contributed by atoms with Gasteiger partial charge in [0.1, 0.15) is 5.60 Å². The molecular formula is C22H36O4. The zero-order chi connectivity index (χ0) is 19.7. The summed E-state index contributed by atoms with van der Waals surface area (Å²) in [6, 6.07) is 0. The minimum Gasteiger partial charge on any atom is -0.460 e. The maximum Gasteiger partial charge on any atom is 0.307 e. The Morgan fingerprint density at radius 3 is 2.31 bits per heavy atom. The quantitative estimate of drug-likeness (QED) is 0.379. The highest BCUT2D eigenvalue weighted by Gasteiger charge is 2.29. The third-order valence-corrected chi connectivity index (χ3v) is 5.14. The number of carbonyl (C=O) groups is 2. The van der Waals surface area contributed by atoms with E-state index in [0.717, 1.165) is 24.7 Å². The van der Waals surface area contributed by atoms with Crippen LogP contribution < -0.4 is 0 Å². The highest BCUT2D eigenvalue weighted by atomic mass is 16.6. The average Bonchev–Trinajstić information content (AvgIpc) is 2.50. The number of ether oxygens (including phenoxy) is 1. The first-order chi connectivity index (χ1) is 12.2. The lowest BCUT2D eigenvalue weighted by molar-refractivity contribution is -0.157. The number of esters is 1. The highest BCUT2D eigenvalue weighted by Crippen LogP contribution is 2.38. The normalized spacial score (nSPS) is 20.7. The monoisotopic (exact) mass is 364 g/mol. The summed E-state index contributed by atoms with van der Waals surface area (Å²) in [5.74, 6) is 6.41. The zero-order valence-corrected chi connectivity index (χ0v) is 17.1. The van der Waals surface area contributed by atoms with Crippen molar-refractivity contribution in [3.05, 3.63) is 0 Å². The van der Waals surface area contributed by atoms with Gasteiger partial charge in [-0.1, -0.05) is 32.6 Å². The molecule has 148 valence electrons. The molecule has 1 aliphatic rings. The van der Waals surface area contributed by atoms with Gasteiger partial charge in [0.15, 0.2) is 0 Å². The summed E-state index contributed by atoms with van der Waals surface area (Å²) < 4.78 is 5.27. The van der Waals surface area contributed by atoms with Gasteiger partial charge in [-0.25, -0.2) is 0 Å². The fourth-order valence-electron chi connectivity index (χ4n) is 3.48. The highest BCUT2D eigenvalue weighted by molar-refractivity contribution is 5.99. The molecule has 1 unspecified atom stereocenters. The van der Waals surface area contributed by atoms with Crippen LogP contribution in [0.5, 0.6) is 0 Å². The van der Waals surface area contributed by atoms with Crippen LogP contribution in [0.15, 0.2) is 0 Å². The molecule has 0 amide bonds. The van der Waals surface area contributed by atoms with Gasteiger partial charge >= 0.3 is 5.97 Å². The smallest absolute Gasteiger partial charge is 0.307 e.